The predicted octanol–water partition coefficient (Wildman–Crippen LogP) is 0.949. The highest BCUT2D eigenvalue weighted by Gasteiger charge is 2.29. The summed E-state index contributed by atoms with van der Waals surface area (Å²) in [6, 6.07) is 6.13. The summed E-state index contributed by atoms with van der Waals surface area (Å²) >= 11 is 0. The number of aryl methyl sites for hydroxylation is 2. The van der Waals surface area contributed by atoms with Crippen LogP contribution in [0, 0.1) is 13.8 Å². The normalized spacial score (nSPS) is 17.4. The van der Waals surface area contributed by atoms with Crippen molar-refractivity contribution in [2.45, 2.75) is 19.9 Å². The minimum absolute atomic E-state index is 0.0189. The number of morpholine rings is 1. The topological polar surface area (TPSA) is 58.6 Å². The molecule has 1 fully saturated rings. The molecule has 1 heterocycles. The number of hydrogen-bond acceptors (Lipinski definition) is 4. The fourth-order valence-corrected chi connectivity index (χ4v) is 2.39. The summed E-state index contributed by atoms with van der Waals surface area (Å²) < 4.78 is 4.93. The summed E-state index contributed by atoms with van der Waals surface area (Å²) in [6.07, 6.45) is 0. The van der Waals surface area contributed by atoms with Gasteiger partial charge < -0.3 is 10.1 Å². The summed E-state index contributed by atoms with van der Waals surface area (Å²) in [5.41, 5.74) is 3.41. The maximum atomic E-state index is 11.8. The van der Waals surface area contributed by atoms with Gasteiger partial charge in [-0.25, -0.2) is 0 Å². The summed E-state index contributed by atoms with van der Waals surface area (Å²) in [7, 11) is 1.84. The molecule has 0 aromatic heterocycles. The number of carbonyl (C=O) groups is 2. The molecule has 1 aromatic rings. The van der Waals surface area contributed by atoms with Gasteiger partial charge in [-0.1, -0.05) is 23.8 Å². The number of benzene rings is 1. The van der Waals surface area contributed by atoms with E-state index in [0.29, 0.717) is 6.54 Å². The van der Waals surface area contributed by atoms with Crippen molar-refractivity contribution in [3.8, 4) is 0 Å². The average molecular weight is 276 g/mol. The van der Waals surface area contributed by atoms with Crippen LogP contribution in [0.4, 0.5) is 0 Å². The number of nitrogens with zero attached hydrogens (tertiary/aromatic N) is 1. The van der Waals surface area contributed by atoms with Crippen LogP contribution in [0.3, 0.4) is 0 Å². The number of ether oxygens (including phenoxy) is 1. The van der Waals surface area contributed by atoms with Gasteiger partial charge in [0.05, 0.1) is 6.04 Å². The Hall–Kier alpha value is -1.72. The molecule has 0 spiro atoms. The highest BCUT2D eigenvalue weighted by Crippen LogP contribution is 2.21. The molecule has 5 nitrogen and oxygen atoms in total. The molecule has 1 unspecified atom stereocenters. The van der Waals surface area contributed by atoms with Gasteiger partial charge in [0.2, 0.25) is 0 Å². The fourth-order valence-electron chi connectivity index (χ4n) is 2.39. The zero-order valence-corrected chi connectivity index (χ0v) is 12.1. The van der Waals surface area contributed by atoms with Gasteiger partial charge in [-0.15, -0.1) is 0 Å². The van der Waals surface area contributed by atoms with E-state index in [-0.39, 0.29) is 31.1 Å². The molecule has 0 aliphatic carbocycles. The molecule has 0 saturated carbocycles. The second-order valence-corrected chi connectivity index (χ2v) is 5.09. The van der Waals surface area contributed by atoms with Gasteiger partial charge in [-0.3, -0.25) is 14.5 Å². The minimum Gasteiger partial charge on any atom is -0.362 e. The molecule has 1 saturated heterocycles. The second-order valence-electron chi connectivity index (χ2n) is 5.09. The maximum Gasteiger partial charge on any atom is 0.255 e. The summed E-state index contributed by atoms with van der Waals surface area (Å²) in [4.78, 5) is 24.9. The number of likely N-dealkylation sites (N-methyl/N-ethyl adjacent to an activating group) is 1. The second kappa shape index (κ2) is 6.15. The number of nitrogens with one attached hydrogen (secondary N) is 1. The average Bonchev–Trinajstić information content (AvgIpc) is 2.42. The number of imide groups is 1. The first kappa shape index (κ1) is 14.7. The third-order valence-corrected chi connectivity index (χ3v) is 3.58. The Morgan fingerprint density at radius 1 is 1.25 bits per heavy atom. The van der Waals surface area contributed by atoms with Crippen LogP contribution in [0.15, 0.2) is 18.2 Å². The van der Waals surface area contributed by atoms with Crippen LogP contribution in [0.2, 0.25) is 0 Å². The molecule has 0 bridgehead atoms. The van der Waals surface area contributed by atoms with Crippen molar-refractivity contribution in [2.75, 3.05) is 26.8 Å². The molecule has 1 aromatic carbocycles. The van der Waals surface area contributed by atoms with Gasteiger partial charge in [0, 0.05) is 6.54 Å². The fraction of sp³-hybridized carbons (Fsp3) is 0.467. The first-order valence-electron chi connectivity index (χ1n) is 6.68. The van der Waals surface area contributed by atoms with Crippen LogP contribution in [0.25, 0.3) is 0 Å². The lowest BCUT2D eigenvalue weighted by Gasteiger charge is -2.29. The van der Waals surface area contributed by atoms with E-state index in [1.54, 1.807) is 0 Å². The Labute approximate surface area is 118 Å². The zero-order chi connectivity index (χ0) is 14.7. The number of carbonyl (C=O) groups excluding carboxylic acids is 2. The third kappa shape index (κ3) is 3.05. The van der Waals surface area contributed by atoms with Crippen molar-refractivity contribution in [1.29, 1.82) is 0 Å². The van der Waals surface area contributed by atoms with Crippen LogP contribution in [0.5, 0.6) is 0 Å². The molecule has 0 radical (unpaired) electrons. The van der Waals surface area contributed by atoms with Crippen molar-refractivity contribution in [3.05, 3.63) is 34.9 Å². The van der Waals surface area contributed by atoms with Gasteiger partial charge in [-0.05, 0) is 32.0 Å². The largest absolute Gasteiger partial charge is 0.362 e. The van der Waals surface area contributed by atoms with E-state index >= 15 is 0 Å². The van der Waals surface area contributed by atoms with Gasteiger partial charge in [0.1, 0.15) is 13.2 Å². The SMILES string of the molecule is CNC(CN1C(=O)COCC1=O)c1cc(C)ccc1C. The van der Waals surface area contributed by atoms with Crippen molar-refractivity contribution < 1.29 is 14.3 Å². The maximum absolute atomic E-state index is 11.8. The van der Waals surface area contributed by atoms with Gasteiger partial charge >= 0.3 is 0 Å². The third-order valence-electron chi connectivity index (χ3n) is 3.58. The molecule has 108 valence electrons. The van der Waals surface area contributed by atoms with E-state index in [1.165, 1.54) is 4.90 Å². The lowest BCUT2D eigenvalue weighted by molar-refractivity contribution is -0.158. The summed E-state index contributed by atoms with van der Waals surface area (Å²) in [6.45, 7) is 4.36. The Bertz CT molecular complexity index is 512. The Morgan fingerprint density at radius 3 is 2.50 bits per heavy atom. The van der Waals surface area contributed by atoms with Crippen LogP contribution in [-0.4, -0.2) is 43.5 Å². The molecule has 2 amide bonds. The molecule has 2 rings (SSSR count). The van der Waals surface area contributed by atoms with E-state index in [2.05, 4.69) is 23.5 Å². The molecule has 1 aliphatic heterocycles. The molecule has 1 atom stereocenters. The van der Waals surface area contributed by atoms with Crippen molar-refractivity contribution in [1.82, 2.24) is 10.2 Å². The molecule has 1 N–H and O–H groups in total. The number of rotatable bonds is 4. The Kier molecular flexibility index (Phi) is 4.52. The van der Waals surface area contributed by atoms with Crippen molar-refractivity contribution in [2.24, 2.45) is 0 Å². The van der Waals surface area contributed by atoms with Gasteiger partial charge in [0.25, 0.3) is 11.8 Å². The molecule has 20 heavy (non-hydrogen) atoms. The highest BCUT2D eigenvalue weighted by atomic mass is 16.5. The first-order valence-corrected chi connectivity index (χ1v) is 6.68. The molecule has 5 heteroatoms. The molecule has 1 aliphatic rings. The van der Waals surface area contributed by atoms with Crippen LogP contribution in [0.1, 0.15) is 22.7 Å². The van der Waals surface area contributed by atoms with Crippen LogP contribution < -0.4 is 5.32 Å². The molecular formula is C15H20N2O3. The van der Waals surface area contributed by atoms with Crippen molar-refractivity contribution >= 4 is 11.8 Å². The lowest BCUT2D eigenvalue weighted by Crippen LogP contribution is -2.49. The standard InChI is InChI=1S/C15H20N2O3/c1-10-4-5-11(2)12(6-10)13(16-3)7-17-14(18)8-20-9-15(17)19/h4-6,13,16H,7-9H2,1-3H3. The number of amides is 2. The summed E-state index contributed by atoms with van der Waals surface area (Å²) in [5.74, 6) is -0.543. The monoisotopic (exact) mass is 276 g/mol. The summed E-state index contributed by atoms with van der Waals surface area (Å²) in [5, 5.41) is 3.19. The van der Waals surface area contributed by atoms with E-state index in [0.717, 1.165) is 16.7 Å². The van der Waals surface area contributed by atoms with E-state index in [9.17, 15) is 9.59 Å². The molecular weight excluding hydrogens is 256 g/mol. The van der Waals surface area contributed by atoms with Crippen LogP contribution in [-0.2, 0) is 14.3 Å². The zero-order valence-electron chi connectivity index (χ0n) is 12.1. The Balaban J connectivity index is 2.22. The first-order chi connectivity index (χ1) is 9.52. The van der Waals surface area contributed by atoms with Gasteiger partial charge in [0.15, 0.2) is 0 Å². The van der Waals surface area contributed by atoms with E-state index in [1.807, 2.05) is 20.9 Å². The van der Waals surface area contributed by atoms with Gasteiger partial charge in [-0.2, -0.15) is 0 Å². The number of hydrogen-bond donors (Lipinski definition) is 1. The van der Waals surface area contributed by atoms with E-state index in [4.69, 9.17) is 4.74 Å². The minimum atomic E-state index is -0.271. The van der Waals surface area contributed by atoms with Crippen LogP contribution >= 0.6 is 0 Å². The van der Waals surface area contributed by atoms with Crippen molar-refractivity contribution in [3.63, 3.8) is 0 Å². The predicted molar refractivity (Wildman–Crippen MR) is 75.3 cm³/mol. The van der Waals surface area contributed by atoms with E-state index < -0.39 is 0 Å². The Morgan fingerprint density at radius 2 is 1.90 bits per heavy atom. The quantitative estimate of drug-likeness (QED) is 0.832. The highest BCUT2D eigenvalue weighted by molar-refractivity contribution is 5.98. The smallest absolute Gasteiger partial charge is 0.255 e. The lowest BCUT2D eigenvalue weighted by atomic mass is 9.98.